The van der Waals surface area contributed by atoms with Gasteiger partial charge in [-0.3, -0.25) is 9.97 Å². The van der Waals surface area contributed by atoms with Gasteiger partial charge in [-0.05, 0) is 12.5 Å². The van der Waals surface area contributed by atoms with Gasteiger partial charge in [0.1, 0.15) is 10.7 Å². The molecule has 2 aromatic heterocycles. The molecule has 0 aliphatic carbocycles. The van der Waals surface area contributed by atoms with E-state index in [4.69, 9.17) is 0 Å². The minimum atomic E-state index is 0.669. The van der Waals surface area contributed by atoms with Crippen LogP contribution in [-0.4, -0.2) is 21.5 Å². The first-order chi connectivity index (χ1) is 8.25. The summed E-state index contributed by atoms with van der Waals surface area (Å²) in [5.74, 6) is 0.669. The normalized spacial score (nSPS) is 11.0. The van der Waals surface area contributed by atoms with Crippen molar-refractivity contribution in [3.05, 3.63) is 29.7 Å². The molecule has 0 atom stereocenters. The number of thiazole rings is 1. The maximum atomic E-state index is 4.36. The zero-order chi connectivity index (χ0) is 12.1. The zero-order valence-electron chi connectivity index (χ0n) is 10.1. The highest BCUT2D eigenvalue weighted by Crippen LogP contribution is 2.22. The lowest BCUT2D eigenvalue weighted by Crippen LogP contribution is -2.18. The van der Waals surface area contributed by atoms with Gasteiger partial charge in [-0.2, -0.15) is 0 Å². The maximum absolute atomic E-state index is 4.36. The van der Waals surface area contributed by atoms with Crippen LogP contribution in [0.1, 0.15) is 18.7 Å². The van der Waals surface area contributed by atoms with Crippen molar-refractivity contribution in [2.45, 2.75) is 20.4 Å². The van der Waals surface area contributed by atoms with Crippen LogP contribution in [0.15, 0.2) is 24.8 Å². The molecule has 0 fully saturated rings. The molecule has 1 N–H and O–H groups in total. The number of nitrogens with zero attached hydrogens (tertiary/aromatic N) is 3. The Bertz CT molecular complexity index is 453. The van der Waals surface area contributed by atoms with Crippen LogP contribution in [0.4, 0.5) is 0 Å². The smallest absolute Gasteiger partial charge is 0.143 e. The molecule has 2 heterocycles. The van der Waals surface area contributed by atoms with Gasteiger partial charge in [0.2, 0.25) is 0 Å². The number of nitrogens with one attached hydrogen (secondary N) is 1. The van der Waals surface area contributed by atoms with Crippen molar-refractivity contribution in [3.63, 3.8) is 0 Å². The molecule has 0 aromatic carbocycles. The first-order valence-electron chi connectivity index (χ1n) is 5.67. The average molecular weight is 248 g/mol. The van der Waals surface area contributed by atoms with Crippen LogP contribution in [-0.2, 0) is 6.54 Å². The second-order valence-corrected chi connectivity index (χ2v) is 5.36. The molecule has 5 heteroatoms. The highest BCUT2D eigenvalue weighted by molar-refractivity contribution is 7.14. The maximum Gasteiger partial charge on any atom is 0.143 e. The minimum Gasteiger partial charge on any atom is -0.312 e. The summed E-state index contributed by atoms with van der Waals surface area (Å²) in [5.41, 5.74) is 0.840. The summed E-state index contributed by atoms with van der Waals surface area (Å²) in [7, 11) is 0. The summed E-state index contributed by atoms with van der Waals surface area (Å²) in [6, 6.07) is 0. The van der Waals surface area contributed by atoms with Gasteiger partial charge in [0, 0.05) is 30.0 Å². The Balaban J connectivity index is 1.97. The van der Waals surface area contributed by atoms with E-state index in [2.05, 4.69) is 34.1 Å². The summed E-state index contributed by atoms with van der Waals surface area (Å²) >= 11 is 1.66. The average Bonchev–Trinajstić information content (AvgIpc) is 2.78. The van der Waals surface area contributed by atoms with E-state index >= 15 is 0 Å². The molecule has 2 rings (SSSR count). The number of rotatable bonds is 5. The molecule has 0 aliphatic rings. The Hall–Kier alpha value is -1.33. The lowest BCUT2D eigenvalue weighted by molar-refractivity contribution is 0.554. The molecule has 0 saturated heterocycles. The van der Waals surface area contributed by atoms with E-state index in [1.165, 1.54) is 4.88 Å². The van der Waals surface area contributed by atoms with Crippen LogP contribution in [0.5, 0.6) is 0 Å². The minimum absolute atomic E-state index is 0.669. The standard InChI is InChI=1S/C12H16N4S/c1-9(2)5-14-6-10-7-16-12(17-10)11-8-13-3-4-15-11/h3-4,7-9,14H,5-6H2,1-2H3. The third-order valence-electron chi connectivity index (χ3n) is 2.19. The molecule has 0 spiro atoms. The SMILES string of the molecule is CC(C)CNCc1cnc(-c2cnccn2)s1. The van der Waals surface area contributed by atoms with E-state index in [1.807, 2.05) is 6.20 Å². The van der Waals surface area contributed by atoms with Crippen LogP contribution < -0.4 is 5.32 Å². The summed E-state index contributed by atoms with van der Waals surface area (Å²) < 4.78 is 0. The van der Waals surface area contributed by atoms with Crippen molar-refractivity contribution in [1.29, 1.82) is 0 Å². The van der Waals surface area contributed by atoms with Gasteiger partial charge in [-0.15, -0.1) is 11.3 Å². The summed E-state index contributed by atoms with van der Waals surface area (Å²) in [6.07, 6.45) is 7.00. The van der Waals surface area contributed by atoms with E-state index in [0.29, 0.717) is 5.92 Å². The topological polar surface area (TPSA) is 50.7 Å². The van der Waals surface area contributed by atoms with Crippen molar-refractivity contribution in [3.8, 4) is 10.7 Å². The van der Waals surface area contributed by atoms with Crippen molar-refractivity contribution in [2.75, 3.05) is 6.54 Å². The van der Waals surface area contributed by atoms with Gasteiger partial charge >= 0.3 is 0 Å². The van der Waals surface area contributed by atoms with Crippen molar-refractivity contribution >= 4 is 11.3 Å². The number of hydrogen-bond acceptors (Lipinski definition) is 5. The third-order valence-corrected chi connectivity index (χ3v) is 3.21. The van der Waals surface area contributed by atoms with Crippen molar-refractivity contribution < 1.29 is 0 Å². The fraction of sp³-hybridized carbons (Fsp3) is 0.417. The Morgan fingerprint density at radius 2 is 2.12 bits per heavy atom. The molecule has 0 bridgehead atoms. The van der Waals surface area contributed by atoms with Gasteiger partial charge < -0.3 is 5.32 Å². The Kier molecular flexibility index (Phi) is 4.17. The van der Waals surface area contributed by atoms with Crippen LogP contribution in [0.2, 0.25) is 0 Å². The van der Waals surface area contributed by atoms with Crippen molar-refractivity contribution in [1.82, 2.24) is 20.3 Å². The molecule has 4 nitrogen and oxygen atoms in total. The fourth-order valence-corrected chi connectivity index (χ4v) is 2.24. The number of aromatic nitrogens is 3. The van der Waals surface area contributed by atoms with Gasteiger partial charge in [-0.25, -0.2) is 4.98 Å². The second-order valence-electron chi connectivity index (χ2n) is 4.25. The predicted molar refractivity (Wildman–Crippen MR) is 69.7 cm³/mol. The van der Waals surface area contributed by atoms with Gasteiger partial charge in [0.05, 0.1) is 6.20 Å². The Morgan fingerprint density at radius 1 is 1.24 bits per heavy atom. The molecule has 0 saturated carbocycles. The molecule has 0 radical (unpaired) electrons. The monoisotopic (exact) mass is 248 g/mol. The lowest BCUT2D eigenvalue weighted by atomic mass is 10.2. The molecule has 17 heavy (non-hydrogen) atoms. The van der Waals surface area contributed by atoms with Crippen LogP contribution in [0.3, 0.4) is 0 Å². The summed E-state index contributed by atoms with van der Waals surface area (Å²) in [6.45, 7) is 6.30. The largest absolute Gasteiger partial charge is 0.312 e. The molecular formula is C12H16N4S. The molecule has 90 valence electrons. The van der Waals surface area contributed by atoms with Crippen LogP contribution in [0, 0.1) is 5.92 Å². The molecule has 2 aromatic rings. The van der Waals surface area contributed by atoms with Gasteiger partial charge in [0.15, 0.2) is 0 Å². The van der Waals surface area contributed by atoms with E-state index in [-0.39, 0.29) is 0 Å². The number of hydrogen-bond donors (Lipinski definition) is 1. The van der Waals surface area contributed by atoms with Crippen LogP contribution >= 0.6 is 11.3 Å². The van der Waals surface area contributed by atoms with E-state index in [0.717, 1.165) is 23.8 Å². The van der Waals surface area contributed by atoms with E-state index in [9.17, 15) is 0 Å². The fourth-order valence-electron chi connectivity index (χ4n) is 1.40. The summed E-state index contributed by atoms with van der Waals surface area (Å²) in [4.78, 5) is 13.9. The molecule has 0 amide bonds. The Morgan fingerprint density at radius 3 is 2.82 bits per heavy atom. The molecular weight excluding hydrogens is 232 g/mol. The van der Waals surface area contributed by atoms with E-state index < -0.39 is 0 Å². The summed E-state index contributed by atoms with van der Waals surface area (Å²) in [5, 5.41) is 4.33. The highest BCUT2D eigenvalue weighted by Gasteiger charge is 2.05. The predicted octanol–water partition coefficient (Wildman–Crippen LogP) is 2.35. The van der Waals surface area contributed by atoms with Gasteiger partial charge in [-0.1, -0.05) is 13.8 Å². The molecule has 0 unspecified atom stereocenters. The zero-order valence-corrected chi connectivity index (χ0v) is 10.9. The van der Waals surface area contributed by atoms with Gasteiger partial charge in [0.25, 0.3) is 0 Å². The molecule has 0 aliphatic heterocycles. The highest BCUT2D eigenvalue weighted by atomic mass is 32.1. The lowest BCUT2D eigenvalue weighted by Gasteiger charge is -2.04. The Labute approximate surface area is 105 Å². The quantitative estimate of drug-likeness (QED) is 0.882. The van der Waals surface area contributed by atoms with Crippen molar-refractivity contribution in [2.24, 2.45) is 5.92 Å². The van der Waals surface area contributed by atoms with E-state index in [1.54, 1.807) is 29.9 Å². The first kappa shape index (κ1) is 12.1. The van der Waals surface area contributed by atoms with Crippen LogP contribution in [0.25, 0.3) is 10.7 Å². The first-order valence-corrected chi connectivity index (χ1v) is 6.49. The third kappa shape index (κ3) is 3.57. The second kappa shape index (κ2) is 5.84.